The maximum atomic E-state index is 12.0. The van der Waals surface area contributed by atoms with Gasteiger partial charge < -0.3 is 20.5 Å². The minimum Gasteiger partial charge on any atom is -0.497 e. The number of nitrogens with one attached hydrogen (secondary N) is 2. The summed E-state index contributed by atoms with van der Waals surface area (Å²) < 4.78 is 6.10. The predicted molar refractivity (Wildman–Crippen MR) is 99.3 cm³/mol. The third-order valence-corrected chi connectivity index (χ3v) is 4.64. The number of aryl methyl sites for hydroxylation is 1. The highest BCUT2D eigenvalue weighted by Gasteiger charge is 2.10. The average molecular weight is 357 g/mol. The van der Waals surface area contributed by atoms with Crippen molar-refractivity contribution in [2.24, 2.45) is 0 Å². The Labute approximate surface area is 149 Å². The number of rotatable bonds is 5. The van der Waals surface area contributed by atoms with E-state index >= 15 is 0 Å². The summed E-state index contributed by atoms with van der Waals surface area (Å²) >= 11 is 1.58. The summed E-state index contributed by atoms with van der Waals surface area (Å²) in [6.45, 7) is 2.06. The van der Waals surface area contributed by atoms with E-state index in [-0.39, 0.29) is 12.6 Å². The Kier molecular flexibility index (Phi) is 5.16. The first kappa shape index (κ1) is 17.2. The fourth-order valence-corrected chi connectivity index (χ4v) is 3.29. The van der Waals surface area contributed by atoms with Crippen LogP contribution in [0.5, 0.6) is 5.75 Å². The van der Waals surface area contributed by atoms with Crippen LogP contribution in [0.2, 0.25) is 0 Å². The molecule has 2 amide bonds. The standard InChI is InChI=1S/C18H19N3O3S/c1-11-20-15-8-5-13(9-17(15)25-11)21-18(23)19-10-16(22)12-3-6-14(24-2)7-4-12/h3-9,16,22H,10H2,1-2H3,(H2,19,21,23)/t16-/m0/s1. The molecule has 1 heterocycles. The number of benzene rings is 2. The van der Waals surface area contributed by atoms with Gasteiger partial charge in [-0.15, -0.1) is 11.3 Å². The number of thiazole rings is 1. The number of aliphatic hydroxyl groups is 1. The monoisotopic (exact) mass is 357 g/mol. The molecule has 3 aromatic rings. The number of anilines is 1. The van der Waals surface area contributed by atoms with Crippen molar-refractivity contribution < 1.29 is 14.6 Å². The number of carbonyl (C=O) groups excluding carboxylic acids is 1. The molecule has 0 saturated carbocycles. The smallest absolute Gasteiger partial charge is 0.319 e. The normalized spacial score (nSPS) is 12.0. The van der Waals surface area contributed by atoms with E-state index in [4.69, 9.17) is 4.74 Å². The lowest BCUT2D eigenvalue weighted by atomic mass is 10.1. The molecule has 0 aliphatic heterocycles. The molecule has 0 fully saturated rings. The van der Waals surface area contributed by atoms with Crippen LogP contribution in [0, 0.1) is 6.92 Å². The Morgan fingerprint density at radius 2 is 2.04 bits per heavy atom. The molecule has 130 valence electrons. The van der Waals surface area contributed by atoms with Crippen LogP contribution in [-0.2, 0) is 0 Å². The van der Waals surface area contributed by atoms with E-state index in [1.165, 1.54) is 0 Å². The largest absolute Gasteiger partial charge is 0.497 e. The minimum absolute atomic E-state index is 0.111. The van der Waals surface area contributed by atoms with Gasteiger partial charge in [-0.05, 0) is 42.8 Å². The first-order valence-corrected chi connectivity index (χ1v) is 8.61. The number of hydrogen-bond donors (Lipinski definition) is 3. The van der Waals surface area contributed by atoms with Gasteiger partial charge in [-0.1, -0.05) is 12.1 Å². The molecule has 0 saturated heterocycles. The number of amides is 2. The lowest BCUT2D eigenvalue weighted by Crippen LogP contribution is -2.32. The molecule has 0 aliphatic rings. The lowest BCUT2D eigenvalue weighted by molar-refractivity contribution is 0.175. The molecule has 6 nitrogen and oxygen atoms in total. The van der Waals surface area contributed by atoms with Gasteiger partial charge >= 0.3 is 6.03 Å². The predicted octanol–water partition coefficient (Wildman–Crippen LogP) is 3.47. The van der Waals surface area contributed by atoms with Crippen LogP contribution in [0.4, 0.5) is 10.5 Å². The van der Waals surface area contributed by atoms with Crippen molar-refractivity contribution in [3.8, 4) is 5.75 Å². The first-order chi connectivity index (χ1) is 12.0. The van der Waals surface area contributed by atoms with Gasteiger partial charge in [-0.3, -0.25) is 0 Å². The van der Waals surface area contributed by atoms with Gasteiger partial charge in [0.05, 0.1) is 28.4 Å². The van der Waals surface area contributed by atoms with Crippen molar-refractivity contribution in [1.29, 1.82) is 0 Å². The van der Waals surface area contributed by atoms with E-state index in [0.29, 0.717) is 11.3 Å². The van der Waals surface area contributed by atoms with Crippen LogP contribution in [0.15, 0.2) is 42.5 Å². The summed E-state index contributed by atoms with van der Waals surface area (Å²) in [5, 5.41) is 16.6. The Hall–Kier alpha value is -2.64. The molecule has 3 rings (SSSR count). The van der Waals surface area contributed by atoms with E-state index in [0.717, 1.165) is 21.0 Å². The van der Waals surface area contributed by atoms with Crippen LogP contribution >= 0.6 is 11.3 Å². The number of carbonyl (C=O) groups is 1. The van der Waals surface area contributed by atoms with E-state index in [2.05, 4.69) is 15.6 Å². The Balaban J connectivity index is 1.55. The number of ether oxygens (including phenoxy) is 1. The Bertz CT molecular complexity index is 877. The van der Waals surface area contributed by atoms with Gasteiger partial charge in [0.1, 0.15) is 5.75 Å². The molecule has 0 bridgehead atoms. The number of hydrogen-bond acceptors (Lipinski definition) is 5. The van der Waals surface area contributed by atoms with Crippen LogP contribution in [0.25, 0.3) is 10.2 Å². The highest BCUT2D eigenvalue weighted by Crippen LogP contribution is 2.24. The van der Waals surface area contributed by atoms with E-state index < -0.39 is 6.10 Å². The van der Waals surface area contributed by atoms with Crippen molar-refractivity contribution >= 4 is 33.3 Å². The molecule has 1 aromatic heterocycles. The van der Waals surface area contributed by atoms with Gasteiger partial charge in [0.2, 0.25) is 0 Å². The fraction of sp³-hybridized carbons (Fsp3) is 0.222. The topological polar surface area (TPSA) is 83.5 Å². The van der Waals surface area contributed by atoms with Gasteiger partial charge in [0.15, 0.2) is 0 Å². The van der Waals surface area contributed by atoms with Crippen LogP contribution in [-0.4, -0.2) is 29.8 Å². The second-order valence-electron chi connectivity index (χ2n) is 5.54. The molecule has 7 heteroatoms. The Morgan fingerprint density at radius 3 is 2.76 bits per heavy atom. The third kappa shape index (κ3) is 4.26. The summed E-state index contributed by atoms with van der Waals surface area (Å²) in [7, 11) is 1.59. The van der Waals surface area contributed by atoms with Crippen LogP contribution < -0.4 is 15.4 Å². The first-order valence-electron chi connectivity index (χ1n) is 7.79. The summed E-state index contributed by atoms with van der Waals surface area (Å²) in [4.78, 5) is 16.4. The highest BCUT2D eigenvalue weighted by atomic mass is 32.1. The summed E-state index contributed by atoms with van der Waals surface area (Å²) in [5.41, 5.74) is 2.32. The number of methoxy groups -OCH3 is 1. The van der Waals surface area contributed by atoms with Crippen molar-refractivity contribution in [2.45, 2.75) is 13.0 Å². The zero-order valence-electron chi connectivity index (χ0n) is 13.9. The van der Waals surface area contributed by atoms with Crippen molar-refractivity contribution in [3.63, 3.8) is 0 Å². The van der Waals surface area contributed by atoms with Crippen LogP contribution in [0.3, 0.4) is 0 Å². The average Bonchev–Trinajstić information content (AvgIpc) is 2.99. The number of aromatic nitrogens is 1. The number of fused-ring (bicyclic) bond motifs is 1. The molecule has 25 heavy (non-hydrogen) atoms. The summed E-state index contributed by atoms with van der Waals surface area (Å²) in [6, 6.07) is 12.3. The molecule has 3 N–H and O–H groups in total. The van der Waals surface area contributed by atoms with Gasteiger partial charge in [0, 0.05) is 12.2 Å². The molecule has 1 atom stereocenters. The zero-order chi connectivity index (χ0) is 17.8. The van der Waals surface area contributed by atoms with Gasteiger partial charge in [-0.25, -0.2) is 9.78 Å². The SMILES string of the molecule is COc1ccc([C@@H](O)CNC(=O)Nc2ccc3nc(C)sc3c2)cc1. The molecule has 2 aromatic carbocycles. The van der Waals surface area contributed by atoms with Gasteiger partial charge in [-0.2, -0.15) is 0 Å². The van der Waals surface area contributed by atoms with E-state index in [1.54, 1.807) is 48.8 Å². The highest BCUT2D eigenvalue weighted by molar-refractivity contribution is 7.18. The third-order valence-electron chi connectivity index (χ3n) is 3.71. The van der Waals surface area contributed by atoms with Crippen molar-refractivity contribution in [3.05, 3.63) is 53.0 Å². The van der Waals surface area contributed by atoms with Crippen molar-refractivity contribution in [2.75, 3.05) is 19.0 Å². The maximum absolute atomic E-state index is 12.0. The molecular weight excluding hydrogens is 338 g/mol. The van der Waals surface area contributed by atoms with Gasteiger partial charge in [0.25, 0.3) is 0 Å². The molecule has 0 radical (unpaired) electrons. The molecule has 0 spiro atoms. The fourth-order valence-electron chi connectivity index (χ4n) is 2.43. The zero-order valence-corrected chi connectivity index (χ0v) is 14.8. The number of urea groups is 1. The second-order valence-corrected chi connectivity index (χ2v) is 6.77. The summed E-state index contributed by atoms with van der Waals surface area (Å²) in [6.07, 6.45) is -0.789. The minimum atomic E-state index is -0.789. The second kappa shape index (κ2) is 7.50. The molecular formula is C18H19N3O3S. The lowest BCUT2D eigenvalue weighted by Gasteiger charge is -2.13. The van der Waals surface area contributed by atoms with E-state index in [9.17, 15) is 9.90 Å². The summed E-state index contributed by atoms with van der Waals surface area (Å²) in [5.74, 6) is 0.718. The Morgan fingerprint density at radius 1 is 1.28 bits per heavy atom. The van der Waals surface area contributed by atoms with Crippen LogP contribution in [0.1, 0.15) is 16.7 Å². The quantitative estimate of drug-likeness (QED) is 0.653. The van der Waals surface area contributed by atoms with E-state index in [1.807, 2.05) is 19.1 Å². The molecule has 0 unspecified atom stereocenters. The number of nitrogens with zero attached hydrogens (tertiary/aromatic N) is 1. The maximum Gasteiger partial charge on any atom is 0.319 e. The van der Waals surface area contributed by atoms with Crippen molar-refractivity contribution in [1.82, 2.24) is 10.3 Å². The molecule has 0 aliphatic carbocycles. The number of aliphatic hydroxyl groups excluding tert-OH is 1.